The van der Waals surface area contributed by atoms with Crippen molar-refractivity contribution in [2.24, 2.45) is 0 Å². The van der Waals surface area contributed by atoms with Crippen LogP contribution in [0.2, 0.25) is 0 Å². The molecule has 3 nitrogen and oxygen atoms in total. The lowest BCUT2D eigenvalue weighted by Gasteiger charge is -2.19. The number of hydrogen-bond donors (Lipinski definition) is 1. The fraction of sp³-hybridized carbons (Fsp3) is 0.267. The Morgan fingerprint density at radius 2 is 2.22 bits per heavy atom. The van der Waals surface area contributed by atoms with Gasteiger partial charge in [-0.25, -0.2) is 0 Å². The van der Waals surface area contributed by atoms with Gasteiger partial charge in [-0.2, -0.15) is 0 Å². The van der Waals surface area contributed by atoms with Crippen molar-refractivity contribution in [3.05, 3.63) is 41.5 Å². The van der Waals surface area contributed by atoms with Gasteiger partial charge in [0.25, 0.3) is 0 Å². The number of allylic oxidation sites excluding steroid dienone is 2. The van der Waals surface area contributed by atoms with E-state index in [1.54, 1.807) is 24.5 Å². The molecule has 0 aliphatic rings. The van der Waals surface area contributed by atoms with Crippen molar-refractivity contribution in [3.8, 4) is 11.5 Å². The highest BCUT2D eigenvalue weighted by Crippen LogP contribution is 2.40. The molecule has 0 saturated heterocycles. The molecule has 0 spiro atoms. The van der Waals surface area contributed by atoms with Crippen LogP contribution in [-0.4, -0.2) is 18.5 Å². The zero-order chi connectivity index (χ0) is 13.7. The van der Waals surface area contributed by atoms with Gasteiger partial charge in [-0.3, -0.25) is 4.79 Å². The highest BCUT2D eigenvalue weighted by atomic mass is 16.5. The quantitative estimate of drug-likeness (QED) is 0.640. The molecule has 3 heteroatoms. The van der Waals surface area contributed by atoms with Crippen molar-refractivity contribution in [1.29, 1.82) is 0 Å². The summed E-state index contributed by atoms with van der Waals surface area (Å²) in [6.45, 7) is 7.73. The fourth-order valence-electron chi connectivity index (χ4n) is 1.75. The third-order valence-electron chi connectivity index (χ3n) is 2.91. The highest BCUT2D eigenvalue weighted by molar-refractivity contribution is 5.77. The SMILES string of the molecule is C=C(C)C(C)c1c(O)ccc(/C=C/[C]=O)c1OC. The van der Waals surface area contributed by atoms with E-state index >= 15 is 0 Å². The van der Waals surface area contributed by atoms with E-state index in [1.807, 2.05) is 13.8 Å². The van der Waals surface area contributed by atoms with E-state index < -0.39 is 0 Å². The number of carbonyl (C=O) groups excluding carboxylic acids is 1. The van der Waals surface area contributed by atoms with Crippen LogP contribution in [0.5, 0.6) is 11.5 Å². The summed E-state index contributed by atoms with van der Waals surface area (Å²) in [5, 5.41) is 9.97. The summed E-state index contributed by atoms with van der Waals surface area (Å²) in [5.41, 5.74) is 2.33. The Hall–Kier alpha value is -2.03. The topological polar surface area (TPSA) is 46.5 Å². The van der Waals surface area contributed by atoms with Crippen molar-refractivity contribution in [1.82, 2.24) is 0 Å². The second-order valence-corrected chi connectivity index (χ2v) is 4.14. The van der Waals surface area contributed by atoms with Gasteiger partial charge in [0.15, 0.2) is 0 Å². The monoisotopic (exact) mass is 245 g/mol. The Bertz CT molecular complexity index is 487. The van der Waals surface area contributed by atoms with Gasteiger partial charge in [0, 0.05) is 17.0 Å². The second-order valence-electron chi connectivity index (χ2n) is 4.14. The molecular formula is C15H17O3. The minimum absolute atomic E-state index is 0.0338. The molecule has 18 heavy (non-hydrogen) atoms. The molecular weight excluding hydrogens is 228 g/mol. The molecule has 1 atom stereocenters. The fourth-order valence-corrected chi connectivity index (χ4v) is 1.75. The lowest BCUT2D eigenvalue weighted by atomic mass is 9.91. The average Bonchev–Trinajstić information content (AvgIpc) is 2.35. The number of phenols is 1. The number of methoxy groups -OCH3 is 1. The molecule has 1 N–H and O–H groups in total. The first-order valence-corrected chi connectivity index (χ1v) is 5.62. The summed E-state index contributed by atoms with van der Waals surface area (Å²) in [4.78, 5) is 10.3. The van der Waals surface area contributed by atoms with Gasteiger partial charge < -0.3 is 9.84 Å². The minimum atomic E-state index is -0.0338. The van der Waals surface area contributed by atoms with E-state index in [-0.39, 0.29) is 11.7 Å². The summed E-state index contributed by atoms with van der Waals surface area (Å²) in [6.07, 6.45) is 4.55. The molecule has 0 bridgehead atoms. The third kappa shape index (κ3) is 2.80. The van der Waals surface area contributed by atoms with E-state index in [2.05, 4.69) is 6.58 Å². The van der Waals surface area contributed by atoms with Crippen LogP contribution in [0, 0.1) is 0 Å². The first-order chi connectivity index (χ1) is 8.52. The molecule has 1 aromatic rings. The van der Waals surface area contributed by atoms with Crippen LogP contribution in [0.1, 0.15) is 30.9 Å². The largest absolute Gasteiger partial charge is 0.508 e. The lowest BCUT2D eigenvalue weighted by molar-refractivity contribution is 0.396. The van der Waals surface area contributed by atoms with Gasteiger partial charge in [0.05, 0.1) is 7.11 Å². The van der Waals surface area contributed by atoms with E-state index in [0.29, 0.717) is 11.3 Å². The van der Waals surface area contributed by atoms with Crippen LogP contribution >= 0.6 is 0 Å². The van der Waals surface area contributed by atoms with Crippen LogP contribution < -0.4 is 4.74 Å². The highest BCUT2D eigenvalue weighted by Gasteiger charge is 2.19. The van der Waals surface area contributed by atoms with Gasteiger partial charge in [0.2, 0.25) is 6.29 Å². The molecule has 1 rings (SSSR count). The van der Waals surface area contributed by atoms with Crippen LogP contribution in [0.15, 0.2) is 30.4 Å². The molecule has 0 saturated carbocycles. The number of ether oxygens (including phenoxy) is 1. The lowest BCUT2D eigenvalue weighted by Crippen LogP contribution is -2.01. The third-order valence-corrected chi connectivity index (χ3v) is 2.91. The molecule has 0 fully saturated rings. The Morgan fingerprint density at radius 1 is 1.56 bits per heavy atom. The maximum absolute atomic E-state index is 10.3. The normalized spacial score (nSPS) is 12.4. The summed E-state index contributed by atoms with van der Waals surface area (Å²) in [5.74, 6) is 0.681. The number of hydrogen-bond acceptors (Lipinski definition) is 3. The van der Waals surface area contributed by atoms with E-state index in [9.17, 15) is 9.90 Å². The first kappa shape index (κ1) is 14.0. The summed E-state index contributed by atoms with van der Waals surface area (Å²) in [6, 6.07) is 3.28. The Morgan fingerprint density at radius 3 is 2.72 bits per heavy atom. The maximum Gasteiger partial charge on any atom is 0.225 e. The van der Waals surface area contributed by atoms with E-state index in [4.69, 9.17) is 4.74 Å². The standard InChI is InChI=1S/C15H17O3/c1-10(2)11(3)14-13(17)8-7-12(6-5-9-16)15(14)18-4/h5-8,11,17H,1H2,2-4H3/b6-5+. The van der Waals surface area contributed by atoms with Gasteiger partial charge >= 0.3 is 0 Å². The van der Waals surface area contributed by atoms with Crippen LogP contribution in [0.25, 0.3) is 6.08 Å². The van der Waals surface area contributed by atoms with Crippen molar-refractivity contribution >= 4 is 12.4 Å². The van der Waals surface area contributed by atoms with Gasteiger partial charge in [-0.05, 0) is 31.2 Å². The zero-order valence-electron chi connectivity index (χ0n) is 10.9. The zero-order valence-corrected chi connectivity index (χ0v) is 10.9. The van der Waals surface area contributed by atoms with Crippen molar-refractivity contribution in [3.63, 3.8) is 0 Å². The van der Waals surface area contributed by atoms with E-state index in [0.717, 1.165) is 11.1 Å². The number of rotatable bonds is 5. The molecule has 0 heterocycles. The molecule has 0 amide bonds. The molecule has 0 aliphatic heterocycles. The smallest absolute Gasteiger partial charge is 0.225 e. The second kappa shape index (κ2) is 6.05. The first-order valence-electron chi connectivity index (χ1n) is 5.62. The van der Waals surface area contributed by atoms with Gasteiger partial charge in [-0.15, -0.1) is 0 Å². The van der Waals surface area contributed by atoms with Gasteiger partial charge in [-0.1, -0.05) is 19.1 Å². The van der Waals surface area contributed by atoms with Crippen molar-refractivity contribution in [2.45, 2.75) is 19.8 Å². The maximum atomic E-state index is 10.3. The van der Waals surface area contributed by atoms with Crippen LogP contribution in [0.4, 0.5) is 0 Å². The average molecular weight is 245 g/mol. The molecule has 1 radical (unpaired) electrons. The Labute approximate surface area is 107 Å². The molecule has 0 aromatic heterocycles. The van der Waals surface area contributed by atoms with Crippen LogP contribution in [-0.2, 0) is 4.79 Å². The predicted octanol–water partition coefficient (Wildman–Crippen LogP) is 3.20. The number of phenolic OH excluding ortho intramolecular Hbond substituents is 1. The molecule has 1 aromatic carbocycles. The van der Waals surface area contributed by atoms with Gasteiger partial charge in [0.1, 0.15) is 11.5 Å². The van der Waals surface area contributed by atoms with Crippen molar-refractivity contribution < 1.29 is 14.6 Å². The summed E-state index contributed by atoms with van der Waals surface area (Å²) < 4.78 is 5.34. The predicted molar refractivity (Wildman–Crippen MR) is 72.6 cm³/mol. The molecule has 0 aliphatic carbocycles. The molecule has 95 valence electrons. The number of aromatic hydroxyl groups is 1. The Balaban J connectivity index is 3.43. The Kier molecular flexibility index (Phi) is 4.72. The van der Waals surface area contributed by atoms with Crippen molar-refractivity contribution in [2.75, 3.05) is 7.11 Å². The van der Waals surface area contributed by atoms with Crippen LogP contribution in [0.3, 0.4) is 0 Å². The van der Waals surface area contributed by atoms with E-state index in [1.165, 1.54) is 13.2 Å². The molecule has 1 unspecified atom stereocenters. The minimum Gasteiger partial charge on any atom is -0.508 e. The summed E-state index contributed by atoms with van der Waals surface area (Å²) >= 11 is 0. The summed E-state index contributed by atoms with van der Waals surface area (Å²) in [7, 11) is 1.53. The number of benzene rings is 1.